The Labute approximate surface area is 151 Å². The number of hydrogen-bond acceptors (Lipinski definition) is 5. The van der Waals surface area contributed by atoms with Crippen LogP contribution in [0.5, 0.6) is 0 Å². The first-order valence-corrected chi connectivity index (χ1v) is 9.05. The Balaban J connectivity index is 2.04. The molecule has 3 rings (SSSR count). The number of rotatable bonds is 4. The Bertz CT molecular complexity index is 945. The molecule has 0 saturated carbocycles. The van der Waals surface area contributed by atoms with Crippen LogP contribution in [0.4, 0.5) is 0 Å². The van der Waals surface area contributed by atoms with Crippen LogP contribution in [0.15, 0.2) is 45.2 Å². The quantitative estimate of drug-likeness (QED) is 0.617. The van der Waals surface area contributed by atoms with Gasteiger partial charge in [0.05, 0.1) is 17.8 Å². The maximum Gasteiger partial charge on any atom is 0.326 e. The van der Waals surface area contributed by atoms with Gasteiger partial charge in [-0.2, -0.15) is 0 Å². The predicted molar refractivity (Wildman–Crippen MR) is 98.2 cm³/mol. The van der Waals surface area contributed by atoms with Crippen molar-refractivity contribution in [3.05, 3.63) is 50.8 Å². The SMILES string of the molecule is CC(C)OC(=O)Cn1cnc2scc(-c3ccc(Br)cc3)c2c1=O. The molecule has 1 aromatic carbocycles. The molecule has 5 nitrogen and oxygen atoms in total. The summed E-state index contributed by atoms with van der Waals surface area (Å²) in [5.41, 5.74) is 1.53. The smallest absolute Gasteiger partial charge is 0.326 e. The maximum absolute atomic E-state index is 12.8. The van der Waals surface area contributed by atoms with Gasteiger partial charge in [0.2, 0.25) is 0 Å². The van der Waals surface area contributed by atoms with Gasteiger partial charge in [0, 0.05) is 15.4 Å². The van der Waals surface area contributed by atoms with Crippen molar-refractivity contribution in [2.45, 2.75) is 26.5 Å². The molecule has 7 heteroatoms. The second-order valence-corrected chi connectivity index (χ2v) is 7.33. The minimum Gasteiger partial charge on any atom is -0.462 e. The van der Waals surface area contributed by atoms with Crippen LogP contribution in [0.1, 0.15) is 13.8 Å². The molecule has 0 aliphatic carbocycles. The van der Waals surface area contributed by atoms with E-state index < -0.39 is 5.97 Å². The molecule has 0 radical (unpaired) electrons. The molecule has 0 atom stereocenters. The van der Waals surface area contributed by atoms with E-state index in [0.29, 0.717) is 10.2 Å². The molecule has 0 aliphatic heterocycles. The summed E-state index contributed by atoms with van der Waals surface area (Å²) in [6.07, 6.45) is 1.18. The first-order chi connectivity index (χ1) is 11.5. The molecule has 2 heterocycles. The lowest BCUT2D eigenvalue weighted by Crippen LogP contribution is -2.26. The molecular formula is C17H15BrN2O3S. The highest BCUT2D eigenvalue weighted by Gasteiger charge is 2.15. The van der Waals surface area contributed by atoms with E-state index in [0.717, 1.165) is 15.6 Å². The number of fused-ring (bicyclic) bond motifs is 1. The van der Waals surface area contributed by atoms with Gasteiger partial charge in [-0.25, -0.2) is 4.98 Å². The van der Waals surface area contributed by atoms with Gasteiger partial charge in [-0.3, -0.25) is 14.2 Å². The summed E-state index contributed by atoms with van der Waals surface area (Å²) in [5.74, 6) is -0.450. The van der Waals surface area contributed by atoms with E-state index >= 15 is 0 Å². The minimum atomic E-state index is -0.450. The zero-order valence-corrected chi connectivity index (χ0v) is 15.6. The number of ether oxygens (including phenoxy) is 1. The molecule has 24 heavy (non-hydrogen) atoms. The van der Waals surface area contributed by atoms with Crippen LogP contribution in [0.3, 0.4) is 0 Å². The van der Waals surface area contributed by atoms with Crippen molar-refractivity contribution in [1.82, 2.24) is 9.55 Å². The summed E-state index contributed by atoms with van der Waals surface area (Å²) in [5, 5.41) is 2.45. The Morgan fingerprint density at radius 1 is 1.33 bits per heavy atom. The van der Waals surface area contributed by atoms with Gasteiger partial charge < -0.3 is 4.74 Å². The molecule has 0 saturated heterocycles. The molecule has 0 aliphatic rings. The second-order valence-electron chi connectivity index (χ2n) is 5.55. The number of halogens is 1. The first kappa shape index (κ1) is 16.9. The third-order valence-corrected chi connectivity index (χ3v) is 4.80. The molecule has 2 aromatic heterocycles. The van der Waals surface area contributed by atoms with E-state index in [4.69, 9.17) is 4.74 Å². The third kappa shape index (κ3) is 3.42. The lowest BCUT2D eigenvalue weighted by molar-refractivity contribution is -0.148. The average Bonchev–Trinajstić information content (AvgIpc) is 2.95. The van der Waals surface area contributed by atoms with Gasteiger partial charge in [-0.1, -0.05) is 28.1 Å². The fourth-order valence-electron chi connectivity index (χ4n) is 2.36. The van der Waals surface area contributed by atoms with Crippen LogP contribution < -0.4 is 5.56 Å². The number of benzene rings is 1. The van der Waals surface area contributed by atoms with E-state index in [1.165, 1.54) is 22.2 Å². The number of nitrogens with zero attached hydrogens (tertiary/aromatic N) is 2. The Kier molecular flexibility index (Phi) is 4.82. The molecule has 0 spiro atoms. The van der Waals surface area contributed by atoms with E-state index in [1.54, 1.807) is 13.8 Å². The van der Waals surface area contributed by atoms with Crippen LogP contribution in [-0.4, -0.2) is 21.6 Å². The second kappa shape index (κ2) is 6.86. The summed E-state index contributed by atoms with van der Waals surface area (Å²) in [7, 11) is 0. The Hall–Kier alpha value is -1.99. The average molecular weight is 407 g/mol. The van der Waals surface area contributed by atoms with Gasteiger partial charge in [0.25, 0.3) is 5.56 Å². The van der Waals surface area contributed by atoms with E-state index in [-0.39, 0.29) is 18.2 Å². The number of hydrogen-bond donors (Lipinski definition) is 0. The van der Waals surface area contributed by atoms with Crippen molar-refractivity contribution >= 4 is 43.5 Å². The minimum absolute atomic E-state index is 0.143. The number of esters is 1. The lowest BCUT2D eigenvalue weighted by atomic mass is 10.1. The third-order valence-electron chi connectivity index (χ3n) is 3.38. The maximum atomic E-state index is 12.8. The van der Waals surface area contributed by atoms with Crippen LogP contribution in [0.25, 0.3) is 21.3 Å². The zero-order valence-electron chi connectivity index (χ0n) is 13.2. The summed E-state index contributed by atoms with van der Waals surface area (Å²) in [6.45, 7) is 3.40. The van der Waals surface area contributed by atoms with Crippen LogP contribution >= 0.6 is 27.3 Å². The number of carbonyl (C=O) groups excluding carboxylic acids is 1. The molecule has 0 bridgehead atoms. The largest absolute Gasteiger partial charge is 0.462 e. The topological polar surface area (TPSA) is 61.2 Å². The zero-order chi connectivity index (χ0) is 17.3. The van der Waals surface area contributed by atoms with Gasteiger partial charge >= 0.3 is 5.97 Å². The fourth-order valence-corrected chi connectivity index (χ4v) is 3.53. The van der Waals surface area contributed by atoms with Crippen molar-refractivity contribution in [3.63, 3.8) is 0 Å². The van der Waals surface area contributed by atoms with E-state index in [1.807, 2.05) is 29.6 Å². The van der Waals surface area contributed by atoms with Crippen LogP contribution in [-0.2, 0) is 16.1 Å². The van der Waals surface area contributed by atoms with Crippen molar-refractivity contribution in [2.24, 2.45) is 0 Å². The Morgan fingerprint density at radius 2 is 2.04 bits per heavy atom. The fraction of sp³-hybridized carbons (Fsp3) is 0.235. The van der Waals surface area contributed by atoms with Crippen molar-refractivity contribution < 1.29 is 9.53 Å². The summed E-state index contributed by atoms with van der Waals surface area (Å²) in [6, 6.07) is 7.73. The monoisotopic (exact) mass is 406 g/mol. The highest BCUT2D eigenvalue weighted by molar-refractivity contribution is 9.10. The highest BCUT2D eigenvalue weighted by Crippen LogP contribution is 2.31. The van der Waals surface area contributed by atoms with Crippen LogP contribution in [0, 0.1) is 0 Å². The summed E-state index contributed by atoms with van der Waals surface area (Å²) < 4.78 is 7.37. The van der Waals surface area contributed by atoms with Crippen molar-refractivity contribution in [1.29, 1.82) is 0 Å². The molecule has 0 unspecified atom stereocenters. The molecular weight excluding hydrogens is 392 g/mol. The molecule has 3 aromatic rings. The van der Waals surface area contributed by atoms with E-state index in [2.05, 4.69) is 20.9 Å². The predicted octanol–water partition coefficient (Wildman–Crippen LogP) is 3.84. The van der Waals surface area contributed by atoms with Gasteiger partial charge in [-0.15, -0.1) is 11.3 Å². The van der Waals surface area contributed by atoms with Crippen LogP contribution in [0.2, 0.25) is 0 Å². The molecule has 0 fully saturated rings. The number of aromatic nitrogens is 2. The van der Waals surface area contributed by atoms with E-state index in [9.17, 15) is 9.59 Å². The highest BCUT2D eigenvalue weighted by atomic mass is 79.9. The molecule has 0 N–H and O–H groups in total. The molecule has 124 valence electrons. The van der Waals surface area contributed by atoms with Gasteiger partial charge in [0.1, 0.15) is 11.4 Å². The van der Waals surface area contributed by atoms with Gasteiger partial charge in [0.15, 0.2) is 0 Å². The first-order valence-electron chi connectivity index (χ1n) is 7.38. The number of thiophene rings is 1. The number of carbonyl (C=O) groups is 1. The Morgan fingerprint density at radius 3 is 2.71 bits per heavy atom. The summed E-state index contributed by atoms with van der Waals surface area (Å²) >= 11 is 4.82. The summed E-state index contributed by atoms with van der Waals surface area (Å²) in [4.78, 5) is 29.6. The van der Waals surface area contributed by atoms with Crippen molar-refractivity contribution in [3.8, 4) is 11.1 Å². The van der Waals surface area contributed by atoms with Crippen molar-refractivity contribution in [2.75, 3.05) is 0 Å². The lowest BCUT2D eigenvalue weighted by Gasteiger charge is -2.09. The molecule has 0 amide bonds. The normalized spacial score (nSPS) is 11.2. The standard InChI is InChI=1S/C17H15BrN2O3S/c1-10(2)23-14(21)7-20-9-19-16-15(17(20)22)13(8-24-16)11-3-5-12(18)6-4-11/h3-6,8-10H,7H2,1-2H3. The van der Waals surface area contributed by atoms with Gasteiger partial charge in [-0.05, 0) is 31.5 Å².